The Morgan fingerprint density at radius 3 is 2.43 bits per heavy atom. The van der Waals surface area contributed by atoms with Gasteiger partial charge in [0.15, 0.2) is 9.84 Å². The van der Waals surface area contributed by atoms with Gasteiger partial charge in [-0.05, 0) is 36.4 Å². The van der Waals surface area contributed by atoms with E-state index in [1.165, 1.54) is 32.6 Å². The van der Waals surface area contributed by atoms with Crippen molar-refractivity contribution >= 4 is 15.9 Å². The van der Waals surface area contributed by atoms with Crippen molar-refractivity contribution in [2.75, 3.05) is 20.8 Å². The van der Waals surface area contributed by atoms with Gasteiger partial charge < -0.3 is 19.2 Å². The fourth-order valence-corrected chi connectivity index (χ4v) is 3.60. The van der Waals surface area contributed by atoms with Gasteiger partial charge in [-0.1, -0.05) is 0 Å². The smallest absolute Gasteiger partial charge is 0.406 e. The van der Waals surface area contributed by atoms with Gasteiger partial charge in [0.2, 0.25) is 0 Å². The van der Waals surface area contributed by atoms with Crippen LogP contribution >= 0.6 is 0 Å². The summed E-state index contributed by atoms with van der Waals surface area (Å²) in [6, 6.07) is 9.14. The molecular formula is C15H17NO6S. The highest BCUT2D eigenvalue weighted by molar-refractivity contribution is 7.91. The Balaban J connectivity index is 2.33. The molecule has 1 aromatic carbocycles. The minimum Gasteiger partial charge on any atom is -0.497 e. The molecule has 8 heteroatoms. The van der Waals surface area contributed by atoms with E-state index in [0.717, 1.165) is 0 Å². The van der Waals surface area contributed by atoms with Gasteiger partial charge in [0.25, 0.3) is 0 Å². The molecule has 0 bridgehead atoms. The molecule has 23 heavy (non-hydrogen) atoms. The molecule has 124 valence electrons. The highest BCUT2D eigenvalue weighted by Crippen LogP contribution is 2.29. The maximum Gasteiger partial charge on any atom is 0.406 e. The summed E-state index contributed by atoms with van der Waals surface area (Å²) in [5.41, 5.74) is 0. The third-order valence-corrected chi connectivity index (χ3v) is 5.32. The van der Waals surface area contributed by atoms with Crippen LogP contribution in [0.4, 0.5) is 4.79 Å². The number of benzene rings is 1. The quantitative estimate of drug-likeness (QED) is 0.866. The van der Waals surface area contributed by atoms with Crippen molar-refractivity contribution in [1.82, 2.24) is 5.32 Å². The largest absolute Gasteiger partial charge is 0.497 e. The zero-order valence-corrected chi connectivity index (χ0v) is 13.5. The number of hydrogen-bond donors (Lipinski definition) is 1. The van der Waals surface area contributed by atoms with Crippen molar-refractivity contribution in [3.8, 4) is 5.75 Å². The summed E-state index contributed by atoms with van der Waals surface area (Å²) in [4.78, 5) is 11.4. The Hall–Kier alpha value is -2.48. The van der Waals surface area contributed by atoms with E-state index in [1.54, 1.807) is 24.3 Å². The van der Waals surface area contributed by atoms with Crippen LogP contribution in [0.3, 0.4) is 0 Å². The lowest BCUT2D eigenvalue weighted by Crippen LogP contribution is -2.31. The SMILES string of the molecule is COC(=O)NCC(c1ccco1)S(=O)(=O)c1ccc(OC)cc1. The summed E-state index contributed by atoms with van der Waals surface area (Å²) in [5.74, 6) is 0.781. The Labute approximate surface area is 134 Å². The van der Waals surface area contributed by atoms with E-state index in [4.69, 9.17) is 9.15 Å². The number of sulfone groups is 1. The summed E-state index contributed by atoms with van der Waals surface area (Å²) >= 11 is 0. The molecule has 1 N–H and O–H groups in total. The molecule has 0 fully saturated rings. The van der Waals surface area contributed by atoms with Gasteiger partial charge in [0, 0.05) is 6.54 Å². The number of rotatable bonds is 6. The third kappa shape index (κ3) is 3.84. The number of carbonyl (C=O) groups is 1. The standard InChI is InChI=1S/C15H17NO6S/c1-20-11-5-7-12(8-6-11)23(18,19)14(10-16-15(17)21-2)13-4-3-9-22-13/h3-9,14H,10H2,1-2H3,(H,16,17). The molecule has 0 saturated carbocycles. The van der Waals surface area contributed by atoms with Crippen molar-refractivity contribution in [1.29, 1.82) is 0 Å². The van der Waals surface area contributed by atoms with E-state index >= 15 is 0 Å². The van der Waals surface area contributed by atoms with Crippen LogP contribution in [0, 0.1) is 0 Å². The van der Waals surface area contributed by atoms with Crippen LogP contribution in [0.25, 0.3) is 0 Å². The average Bonchev–Trinajstić information content (AvgIpc) is 3.08. The second-order valence-electron chi connectivity index (χ2n) is 4.60. The molecule has 2 rings (SSSR count). The first-order chi connectivity index (χ1) is 11.0. The van der Waals surface area contributed by atoms with E-state index in [0.29, 0.717) is 5.75 Å². The monoisotopic (exact) mass is 339 g/mol. The maximum atomic E-state index is 12.8. The number of carbonyl (C=O) groups excluding carboxylic acids is 1. The molecule has 1 unspecified atom stereocenters. The predicted octanol–water partition coefficient (Wildman–Crippen LogP) is 2.16. The normalized spacial score (nSPS) is 12.4. The third-order valence-electron chi connectivity index (χ3n) is 3.24. The highest BCUT2D eigenvalue weighted by atomic mass is 32.2. The molecule has 2 aromatic rings. The van der Waals surface area contributed by atoms with Crippen LogP contribution in [-0.2, 0) is 14.6 Å². The number of amides is 1. The lowest BCUT2D eigenvalue weighted by Gasteiger charge is -2.16. The van der Waals surface area contributed by atoms with E-state index < -0.39 is 21.2 Å². The van der Waals surface area contributed by atoms with Crippen molar-refractivity contribution in [3.05, 3.63) is 48.4 Å². The number of furan rings is 1. The van der Waals surface area contributed by atoms with E-state index in [1.807, 2.05) is 0 Å². The number of nitrogens with one attached hydrogen (secondary N) is 1. The van der Waals surface area contributed by atoms with Crippen LogP contribution in [-0.4, -0.2) is 35.3 Å². The lowest BCUT2D eigenvalue weighted by molar-refractivity contribution is 0.171. The number of alkyl carbamates (subject to hydrolysis) is 1. The van der Waals surface area contributed by atoms with E-state index in [2.05, 4.69) is 10.1 Å². The van der Waals surface area contributed by atoms with Gasteiger partial charge in [0.1, 0.15) is 16.8 Å². The first kappa shape index (κ1) is 16.9. The van der Waals surface area contributed by atoms with Crippen LogP contribution in [0.5, 0.6) is 5.75 Å². The van der Waals surface area contributed by atoms with Crippen LogP contribution in [0.15, 0.2) is 52.0 Å². The minimum absolute atomic E-state index is 0.103. The fourth-order valence-electron chi connectivity index (χ4n) is 2.02. The van der Waals surface area contributed by atoms with Gasteiger partial charge in [-0.2, -0.15) is 0 Å². The molecule has 0 aliphatic carbocycles. The van der Waals surface area contributed by atoms with Crippen LogP contribution in [0.1, 0.15) is 11.0 Å². The molecule has 0 spiro atoms. The summed E-state index contributed by atoms with van der Waals surface area (Å²) in [7, 11) is -1.07. The first-order valence-electron chi connectivity index (χ1n) is 6.72. The summed E-state index contributed by atoms with van der Waals surface area (Å²) in [6.07, 6.45) is 0.663. The molecular weight excluding hydrogens is 322 g/mol. The Morgan fingerprint density at radius 1 is 1.22 bits per heavy atom. The summed E-state index contributed by atoms with van der Waals surface area (Å²) in [5, 5.41) is 1.33. The number of ether oxygens (including phenoxy) is 2. The van der Waals surface area contributed by atoms with Crippen molar-refractivity contribution in [2.45, 2.75) is 10.1 Å². The lowest BCUT2D eigenvalue weighted by atomic mass is 10.3. The van der Waals surface area contributed by atoms with Gasteiger partial charge in [-0.25, -0.2) is 13.2 Å². The molecule has 1 atom stereocenters. The highest BCUT2D eigenvalue weighted by Gasteiger charge is 2.32. The number of methoxy groups -OCH3 is 2. The zero-order chi connectivity index (χ0) is 16.9. The molecule has 7 nitrogen and oxygen atoms in total. The van der Waals surface area contributed by atoms with Gasteiger partial charge in [-0.15, -0.1) is 0 Å². The van der Waals surface area contributed by atoms with E-state index in [-0.39, 0.29) is 17.2 Å². The van der Waals surface area contributed by atoms with E-state index in [9.17, 15) is 13.2 Å². The fraction of sp³-hybridized carbons (Fsp3) is 0.267. The first-order valence-corrected chi connectivity index (χ1v) is 8.27. The zero-order valence-electron chi connectivity index (χ0n) is 12.7. The van der Waals surface area contributed by atoms with Crippen LogP contribution < -0.4 is 10.1 Å². The Morgan fingerprint density at radius 2 is 1.91 bits per heavy atom. The molecule has 1 heterocycles. The van der Waals surface area contributed by atoms with Crippen LogP contribution in [0.2, 0.25) is 0 Å². The topological polar surface area (TPSA) is 94.8 Å². The second-order valence-corrected chi connectivity index (χ2v) is 6.73. The van der Waals surface area contributed by atoms with Crippen molar-refractivity contribution < 1.29 is 27.1 Å². The molecule has 0 aliphatic rings. The van der Waals surface area contributed by atoms with Crippen molar-refractivity contribution in [3.63, 3.8) is 0 Å². The summed E-state index contributed by atoms with van der Waals surface area (Å²) < 4.78 is 40.4. The number of hydrogen-bond acceptors (Lipinski definition) is 6. The molecule has 1 amide bonds. The maximum absolute atomic E-state index is 12.8. The van der Waals surface area contributed by atoms with Gasteiger partial charge in [0.05, 0.1) is 25.4 Å². The summed E-state index contributed by atoms with van der Waals surface area (Å²) in [6.45, 7) is -0.172. The Kier molecular flexibility index (Phi) is 5.28. The second kappa shape index (κ2) is 7.19. The van der Waals surface area contributed by atoms with Gasteiger partial charge >= 0.3 is 6.09 Å². The molecule has 0 aliphatic heterocycles. The molecule has 0 saturated heterocycles. The Bertz CT molecular complexity index is 737. The predicted molar refractivity (Wildman–Crippen MR) is 82.0 cm³/mol. The molecule has 0 radical (unpaired) electrons. The minimum atomic E-state index is -3.77. The molecule has 1 aromatic heterocycles. The van der Waals surface area contributed by atoms with Crippen molar-refractivity contribution in [2.24, 2.45) is 0 Å². The van der Waals surface area contributed by atoms with Gasteiger partial charge in [-0.3, -0.25) is 0 Å². The average molecular weight is 339 g/mol.